The number of hydrogen-bond acceptors (Lipinski definition) is 3. The van der Waals surface area contributed by atoms with Gasteiger partial charge in [0.05, 0.1) is 5.25 Å². The molecule has 1 unspecified atom stereocenters. The van der Waals surface area contributed by atoms with Crippen LogP contribution in [0.3, 0.4) is 0 Å². The smallest absolute Gasteiger partial charge is 0.316 e. The van der Waals surface area contributed by atoms with Gasteiger partial charge in [0.2, 0.25) is 0 Å². The Morgan fingerprint density at radius 1 is 1.54 bits per heavy atom. The predicted molar refractivity (Wildman–Crippen MR) is 55.2 cm³/mol. The van der Waals surface area contributed by atoms with Crippen molar-refractivity contribution in [2.45, 2.75) is 25.0 Å². The first-order chi connectivity index (χ1) is 6.20. The van der Waals surface area contributed by atoms with Crippen molar-refractivity contribution in [3.63, 3.8) is 0 Å². The molecule has 0 aromatic rings. The molecule has 3 nitrogen and oxygen atoms in total. The van der Waals surface area contributed by atoms with Gasteiger partial charge in [-0.15, -0.1) is 11.8 Å². The highest BCUT2D eigenvalue weighted by molar-refractivity contribution is 8.00. The SMILES string of the molecule is CC(SCCN1CCCC1)C(=O)O. The third-order valence-corrected chi connectivity index (χ3v) is 3.44. The van der Waals surface area contributed by atoms with E-state index in [1.807, 2.05) is 0 Å². The van der Waals surface area contributed by atoms with E-state index in [2.05, 4.69) is 4.90 Å². The van der Waals surface area contributed by atoms with Crippen molar-refractivity contribution in [2.24, 2.45) is 0 Å². The Labute approximate surface area is 83.5 Å². The second-order valence-electron chi connectivity index (χ2n) is 3.40. The van der Waals surface area contributed by atoms with Gasteiger partial charge >= 0.3 is 5.97 Å². The minimum atomic E-state index is -0.702. The molecule has 0 radical (unpaired) electrons. The zero-order chi connectivity index (χ0) is 9.68. The summed E-state index contributed by atoms with van der Waals surface area (Å²) >= 11 is 1.53. The van der Waals surface area contributed by atoms with Gasteiger partial charge in [0, 0.05) is 12.3 Å². The number of likely N-dealkylation sites (tertiary alicyclic amines) is 1. The maximum absolute atomic E-state index is 10.5. The van der Waals surface area contributed by atoms with Gasteiger partial charge < -0.3 is 10.0 Å². The first kappa shape index (κ1) is 10.9. The Morgan fingerprint density at radius 2 is 2.15 bits per heavy atom. The molecule has 0 aromatic heterocycles. The van der Waals surface area contributed by atoms with Crippen LogP contribution in [0.2, 0.25) is 0 Å². The Morgan fingerprint density at radius 3 is 2.69 bits per heavy atom. The molecule has 1 N–H and O–H groups in total. The lowest BCUT2D eigenvalue weighted by Crippen LogP contribution is -2.23. The molecule has 1 aliphatic heterocycles. The number of carbonyl (C=O) groups is 1. The van der Waals surface area contributed by atoms with E-state index in [4.69, 9.17) is 5.11 Å². The quantitative estimate of drug-likeness (QED) is 0.731. The lowest BCUT2D eigenvalue weighted by atomic mass is 10.4. The molecule has 1 heterocycles. The maximum atomic E-state index is 10.5. The molecular weight excluding hydrogens is 186 g/mol. The molecule has 76 valence electrons. The fourth-order valence-corrected chi connectivity index (χ4v) is 2.30. The summed E-state index contributed by atoms with van der Waals surface area (Å²) in [5, 5.41) is 8.38. The molecule has 1 atom stereocenters. The van der Waals surface area contributed by atoms with Crippen LogP contribution in [0, 0.1) is 0 Å². The highest BCUT2D eigenvalue weighted by Crippen LogP contribution is 2.13. The summed E-state index contributed by atoms with van der Waals surface area (Å²) in [6, 6.07) is 0. The molecule has 0 bridgehead atoms. The van der Waals surface area contributed by atoms with Crippen molar-refractivity contribution >= 4 is 17.7 Å². The van der Waals surface area contributed by atoms with Gasteiger partial charge in [-0.05, 0) is 32.9 Å². The average Bonchev–Trinajstić information content (AvgIpc) is 2.56. The molecule has 1 aliphatic rings. The van der Waals surface area contributed by atoms with E-state index in [0.717, 1.165) is 12.3 Å². The third-order valence-electron chi connectivity index (χ3n) is 2.32. The van der Waals surface area contributed by atoms with E-state index in [9.17, 15) is 4.79 Å². The van der Waals surface area contributed by atoms with Crippen LogP contribution in [0.1, 0.15) is 19.8 Å². The van der Waals surface area contributed by atoms with E-state index < -0.39 is 5.97 Å². The minimum Gasteiger partial charge on any atom is -0.480 e. The molecular formula is C9H17NO2S. The van der Waals surface area contributed by atoms with Crippen molar-refractivity contribution in [3.05, 3.63) is 0 Å². The average molecular weight is 203 g/mol. The van der Waals surface area contributed by atoms with Crippen molar-refractivity contribution < 1.29 is 9.90 Å². The van der Waals surface area contributed by atoms with E-state index in [0.29, 0.717) is 0 Å². The largest absolute Gasteiger partial charge is 0.480 e. The zero-order valence-electron chi connectivity index (χ0n) is 8.03. The molecule has 0 amide bonds. The zero-order valence-corrected chi connectivity index (χ0v) is 8.85. The lowest BCUT2D eigenvalue weighted by molar-refractivity contribution is -0.136. The van der Waals surface area contributed by atoms with Crippen LogP contribution in [-0.2, 0) is 4.79 Å². The third kappa shape index (κ3) is 4.00. The van der Waals surface area contributed by atoms with E-state index in [1.54, 1.807) is 6.92 Å². The summed E-state index contributed by atoms with van der Waals surface area (Å²) in [5.74, 6) is 0.236. The number of hydrogen-bond donors (Lipinski definition) is 1. The number of thioether (sulfide) groups is 1. The van der Waals surface area contributed by atoms with Crippen LogP contribution in [0.4, 0.5) is 0 Å². The molecule has 0 saturated carbocycles. The van der Waals surface area contributed by atoms with Gasteiger partial charge in [-0.25, -0.2) is 0 Å². The molecule has 0 spiro atoms. The van der Waals surface area contributed by atoms with Gasteiger partial charge in [0.1, 0.15) is 0 Å². The fourth-order valence-electron chi connectivity index (χ4n) is 1.44. The summed E-state index contributed by atoms with van der Waals surface area (Å²) in [4.78, 5) is 12.9. The van der Waals surface area contributed by atoms with Gasteiger partial charge in [-0.1, -0.05) is 0 Å². The molecule has 4 heteroatoms. The van der Waals surface area contributed by atoms with E-state index >= 15 is 0 Å². The maximum Gasteiger partial charge on any atom is 0.316 e. The van der Waals surface area contributed by atoms with Crippen LogP contribution in [0.5, 0.6) is 0 Å². The molecule has 1 fully saturated rings. The van der Waals surface area contributed by atoms with Crippen LogP contribution in [0.15, 0.2) is 0 Å². The van der Waals surface area contributed by atoms with Gasteiger partial charge in [-0.2, -0.15) is 0 Å². The first-order valence-corrected chi connectivity index (χ1v) is 5.82. The van der Waals surface area contributed by atoms with Crippen LogP contribution < -0.4 is 0 Å². The summed E-state index contributed by atoms with van der Waals surface area (Å²) in [5.41, 5.74) is 0. The molecule has 0 aliphatic carbocycles. The van der Waals surface area contributed by atoms with Crippen molar-refractivity contribution in [3.8, 4) is 0 Å². The number of rotatable bonds is 5. The van der Waals surface area contributed by atoms with Crippen LogP contribution in [-0.4, -0.2) is 46.6 Å². The molecule has 13 heavy (non-hydrogen) atoms. The van der Waals surface area contributed by atoms with Gasteiger partial charge in [0.15, 0.2) is 0 Å². The van der Waals surface area contributed by atoms with Crippen molar-refractivity contribution in [2.75, 3.05) is 25.4 Å². The van der Waals surface area contributed by atoms with Crippen molar-refractivity contribution in [1.29, 1.82) is 0 Å². The lowest BCUT2D eigenvalue weighted by Gasteiger charge is -2.14. The summed E-state index contributed by atoms with van der Waals surface area (Å²) in [6.07, 6.45) is 2.61. The van der Waals surface area contributed by atoms with Crippen LogP contribution in [0.25, 0.3) is 0 Å². The van der Waals surface area contributed by atoms with Gasteiger partial charge in [-0.3, -0.25) is 4.79 Å². The Kier molecular flexibility index (Phi) is 4.59. The van der Waals surface area contributed by atoms with Crippen LogP contribution >= 0.6 is 11.8 Å². The topological polar surface area (TPSA) is 40.5 Å². The minimum absolute atomic E-state index is 0.261. The summed E-state index contributed by atoms with van der Waals surface area (Å²) < 4.78 is 0. The number of nitrogens with zero attached hydrogens (tertiary/aromatic N) is 1. The fraction of sp³-hybridized carbons (Fsp3) is 0.889. The second-order valence-corrected chi connectivity index (χ2v) is 4.85. The standard InChI is InChI=1S/C9H17NO2S/c1-8(9(11)12)13-7-6-10-4-2-3-5-10/h8H,2-7H2,1H3,(H,11,12). The Bertz CT molecular complexity index is 169. The Hall–Kier alpha value is -0.220. The molecule has 0 aromatic carbocycles. The summed E-state index contributed by atoms with van der Waals surface area (Å²) in [7, 11) is 0. The normalized spacial score (nSPS) is 20.4. The highest BCUT2D eigenvalue weighted by Gasteiger charge is 2.14. The van der Waals surface area contributed by atoms with Crippen molar-refractivity contribution in [1.82, 2.24) is 4.90 Å². The van der Waals surface area contributed by atoms with Gasteiger partial charge in [0.25, 0.3) is 0 Å². The number of carboxylic acid groups (broad SMARTS) is 1. The monoisotopic (exact) mass is 203 g/mol. The Balaban J connectivity index is 2.02. The molecule has 1 rings (SSSR count). The predicted octanol–water partition coefficient (Wildman–Crippen LogP) is 1.29. The number of aliphatic carboxylic acids is 1. The van der Waals surface area contributed by atoms with E-state index in [1.165, 1.54) is 37.7 Å². The number of carboxylic acids is 1. The van der Waals surface area contributed by atoms with E-state index in [-0.39, 0.29) is 5.25 Å². The summed E-state index contributed by atoms with van der Waals surface area (Å²) in [6.45, 7) is 5.18. The highest BCUT2D eigenvalue weighted by atomic mass is 32.2. The first-order valence-electron chi connectivity index (χ1n) is 4.77. The second kappa shape index (κ2) is 5.50. The molecule has 1 saturated heterocycles.